The minimum atomic E-state index is -0.474. The third kappa shape index (κ3) is 3.85. The summed E-state index contributed by atoms with van der Waals surface area (Å²) in [7, 11) is 0. The first-order valence-corrected chi connectivity index (χ1v) is 9.19. The largest absolute Gasteiger partial charge is 0.324 e. The summed E-state index contributed by atoms with van der Waals surface area (Å²) >= 11 is 0. The quantitative estimate of drug-likeness (QED) is 0.597. The van der Waals surface area contributed by atoms with Gasteiger partial charge in [0, 0.05) is 12.5 Å². The number of benzene rings is 1. The molecule has 0 aliphatic carbocycles. The molecule has 0 spiro atoms. The Morgan fingerprint density at radius 1 is 1.30 bits per heavy atom. The standard InChI is InChI=1S/C19H26N6O2/c1-12(2)18(24-11-14(21-23-24)9-10-17(26)22-27)19-20-15-7-5-6-8-16(15)25(19)13(3)4/h5-9,12-13,18,27H,10-11H2,1-4H3,(H,22,26)/b14-9-. The van der Waals surface area contributed by atoms with Crippen molar-refractivity contribution in [3.8, 4) is 0 Å². The van der Waals surface area contributed by atoms with Crippen LogP contribution in [0, 0.1) is 5.92 Å². The molecular formula is C19H26N6O2. The van der Waals surface area contributed by atoms with E-state index in [0.29, 0.717) is 12.2 Å². The highest BCUT2D eigenvalue weighted by molar-refractivity contribution is 5.76. The number of carbonyl (C=O) groups is 1. The maximum Gasteiger partial charge on any atom is 0.247 e. The van der Waals surface area contributed by atoms with Crippen LogP contribution in [0.3, 0.4) is 0 Å². The van der Waals surface area contributed by atoms with Gasteiger partial charge in [-0.1, -0.05) is 31.2 Å². The molecule has 1 unspecified atom stereocenters. The number of hydrogen-bond acceptors (Lipinski definition) is 6. The first-order chi connectivity index (χ1) is 12.9. The summed E-state index contributed by atoms with van der Waals surface area (Å²) < 4.78 is 2.26. The smallest absolute Gasteiger partial charge is 0.247 e. The Morgan fingerprint density at radius 2 is 2.04 bits per heavy atom. The lowest BCUT2D eigenvalue weighted by molar-refractivity contribution is -0.128. The van der Waals surface area contributed by atoms with Gasteiger partial charge in [0.2, 0.25) is 5.91 Å². The minimum absolute atomic E-state index is 0.0406. The molecule has 1 aromatic heterocycles. The molecule has 1 aliphatic heterocycles. The molecule has 2 aromatic rings. The average Bonchev–Trinajstić information content (AvgIpc) is 3.24. The number of amides is 1. The number of hydroxylamine groups is 1. The SMILES string of the molecule is CC(C)C(c1nc2ccccc2n1C(C)C)N1C/C(=C/CC(=O)NO)N=N1. The highest BCUT2D eigenvalue weighted by atomic mass is 16.5. The van der Waals surface area contributed by atoms with E-state index in [9.17, 15) is 4.79 Å². The Kier molecular flexibility index (Phi) is 5.55. The van der Waals surface area contributed by atoms with Crippen molar-refractivity contribution >= 4 is 16.9 Å². The Balaban J connectivity index is 1.94. The molecule has 1 atom stereocenters. The zero-order chi connectivity index (χ0) is 19.6. The van der Waals surface area contributed by atoms with Crippen LogP contribution in [0.2, 0.25) is 0 Å². The van der Waals surface area contributed by atoms with Gasteiger partial charge in [-0.2, -0.15) is 0 Å². The van der Waals surface area contributed by atoms with Crippen LogP contribution in [0.15, 0.2) is 46.4 Å². The van der Waals surface area contributed by atoms with Gasteiger partial charge in [-0.25, -0.2) is 10.5 Å². The fraction of sp³-hybridized carbons (Fsp3) is 0.474. The zero-order valence-electron chi connectivity index (χ0n) is 16.1. The van der Waals surface area contributed by atoms with E-state index in [1.807, 2.05) is 23.2 Å². The molecule has 27 heavy (non-hydrogen) atoms. The maximum absolute atomic E-state index is 11.2. The van der Waals surface area contributed by atoms with Crippen molar-refractivity contribution in [1.29, 1.82) is 0 Å². The third-order valence-electron chi connectivity index (χ3n) is 4.62. The fourth-order valence-corrected chi connectivity index (χ4v) is 3.45. The van der Waals surface area contributed by atoms with Crippen molar-refractivity contribution in [3.05, 3.63) is 41.9 Å². The van der Waals surface area contributed by atoms with Gasteiger partial charge in [-0.05, 0) is 38.0 Å². The molecule has 0 radical (unpaired) electrons. The van der Waals surface area contributed by atoms with Gasteiger partial charge in [0.15, 0.2) is 0 Å². The summed E-state index contributed by atoms with van der Waals surface area (Å²) in [4.78, 5) is 16.1. The van der Waals surface area contributed by atoms with Crippen molar-refractivity contribution < 1.29 is 10.0 Å². The molecule has 0 bridgehead atoms. The molecule has 8 nitrogen and oxygen atoms in total. The van der Waals surface area contributed by atoms with Gasteiger partial charge < -0.3 is 4.57 Å². The molecule has 0 saturated carbocycles. The van der Waals surface area contributed by atoms with Crippen LogP contribution in [-0.2, 0) is 4.79 Å². The van der Waals surface area contributed by atoms with E-state index in [4.69, 9.17) is 10.2 Å². The number of carbonyl (C=O) groups excluding carboxylic acids is 1. The van der Waals surface area contributed by atoms with Gasteiger partial charge in [0.25, 0.3) is 0 Å². The predicted octanol–water partition coefficient (Wildman–Crippen LogP) is 3.78. The Bertz CT molecular complexity index is 883. The van der Waals surface area contributed by atoms with E-state index in [2.05, 4.69) is 48.7 Å². The molecule has 8 heteroatoms. The summed E-state index contributed by atoms with van der Waals surface area (Å²) in [6.07, 6.45) is 1.74. The Labute approximate surface area is 158 Å². The number of hydrogen-bond donors (Lipinski definition) is 2. The van der Waals surface area contributed by atoms with E-state index in [-0.39, 0.29) is 24.4 Å². The first-order valence-electron chi connectivity index (χ1n) is 9.19. The summed E-state index contributed by atoms with van der Waals surface area (Å²) in [5, 5.41) is 19.1. The van der Waals surface area contributed by atoms with Crippen molar-refractivity contribution in [3.63, 3.8) is 0 Å². The van der Waals surface area contributed by atoms with Crippen molar-refractivity contribution in [1.82, 2.24) is 20.0 Å². The molecule has 144 valence electrons. The van der Waals surface area contributed by atoms with Gasteiger partial charge in [0.05, 0.1) is 23.3 Å². The molecular weight excluding hydrogens is 344 g/mol. The van der Waals surface area contributed by atoms with Gasteiger partial charge in [-0.3, -0.25) is 15.0 Å². The summed E-state index contributed by atoms with van der Waals surface area (Å²) in [6, 6.07) is 8.36. The number of fused-ring (bicyclic) bond motifs is 1. The highest BCUT2D eigenvalue weighted by Gasteiger charge is 2.32. The summed E-state index contributed by atoms with van der Waals surface area (Å²) in [5.74, 6) is 0.756. The normalized spacial score (nSPS) is 16.9. The van der Waals surface area contributed by atoms with E-state index >= 15 is 0 Å². The molecule has 1 aliphatic rings. The van der Waals surface area contributed by atoms with Crippen LogP contribution in [0.4, 0.5) is 0 Å². The Hall–Kier alpha value is -2.74. The lowest BCUT2D eigenvalue weighted by Gasteiger charge is -2.29. The van der Waals surface area contributed by atoms with Crippen molar-refractivity contribution in [2.45, 2.75) is 46.2 Å². The number of aromatic nitrogens is 2. The molecule has 2 N–H and O–H groups in total. The monoisotopic (exact) mass is 370 g/mol. The average molecular weight is 370 g/mol. The van der Waals surface area contributed by atoms with Gasteiger partial charge in [-0.15, -0.1) is 5.11 Å². The highest BCUT2D eigenvalue weighted by Crippen LogP contribution is 2.35. The zero-order valence-corrected chi connectivity index (χ0v) is 16.1. The number of nitrogens with one attached hydrogen (secondary N) is 1. The number of imidazole rings is 1. The summed E-state index contributed by atoms with van der Waals surface area (Å²) in [5.41, 5.74) is 4.41. The lowest BCUT2D eigenvalue weighted by Crippen LogP contribution is -2.29. The fourth-order valence-electron chi connectivity index (χ4n) is 3.45. The molecule has 1 aromatic carbocycles. The van der Waals surface area contributed by atoms with E-state index in [1.165, 1.54) is 0 Å². The lowest BCUT2D eigenvalue weighted by atomic mass is 10.0. The van der Waals surface area contributed by atoms with Crippen LogP contribution in [-0.4, -0.2) is 32.2 Å². The topological polar surface area (TPSA) is 95.1 Å². The van der Waals surface area contributed by atoms with Crippen molar-refractivity contribution in [2.75, 3.05) is 6.54 Å². The minimum Gasteiger partial charge on any atom is -0.324 e. The second-order valence-corrected chi connectivity index (χ2v) is 7.33. The second-order valence-electron chi connectivity index (χ2n) is 7.33. The molecule has 0 fully saturated rings. The van der Waals surface area contributed by atoms with E-state index in [0.717, 1.165) is 16.9 Å². The van der Waals surface area contributed by atoms with E-state index in [1.54, 1.807) is 11.6 Å². The number of rotatable bonds is 6. The molecule has 1 amide bonds. The number of para-hydroxylation sites is 2. The predicted molar refractivity (Wildman–Crippen MR) is 102 cm³/mol. The van der Waals surface area contributed by atoms with Crippen LogP contribution in [0.1, 0.15) is 52.0 Å². The molecule has 0 saturated heterocycles. The maximum atomic E-state index is 11.2. The molecule has 2 heterocycles. The third-order valence-corrected chi connectivity index (χ3v) is 4.62. The van der Waals surface area contributed by atoms with Gasteiger partial charge in [0.1, 0.15) is 11.9 Å². The van der Waals surface area contributed by atoms with Crippen LogP contribution in [0.25, 0.3) is 11.0 Å². The molecule has 3 rings (SSSR count). The summed E-state index contributed by atoms with van der Waals surface area (Å²) in [6.45, 7) is 9.10. The van der Waals surface area contributed by atoms with Crippen LogP contribution >= 0.6 is 0 Å². The Morgan fingerprint density at radius 3 is 2.70 bits per heavy atom. The first kappa shape index (κ1) is 19.0. The van der Waals surface area contributed by atoms with Gasteiger partial charge >= 0.3 is 0 Å². The van der Waals surface area contributed by atoms with Crippen molar-refractivity contribution in [2.24, 2.45) is 16.3 Å². The van der Waals surface area contributed by atoms with E-state index < -0.39 is 5.91 Å². The van der Waals surface area contributed by atoms with Crippen LogP contribution in [0.5, 0.6) is 0 Å². The second kappa shape index (κ2) is 7.87. The number of nitrogens with zero attached hydrogens (tertiary/aromatic N) is 5. The van der Waals surface area contributed by atoms with Crippen LogP contribution < -0.4 is 5.48 Å².